The monoisotopic (exact) mass is 302 g/mol. The van der Waals surface area contributed by atoms with Crippen molar-refractivity contribution in [1.82, 2.24) is 5.32 Å². The fourth-order valence-corrected chi connectivity index (χ4v) is 3.35. The molecule has 1 amide bonds. The first kappa shape index (κ1) is 17.7. The number of hydrogen-bond acceptors (Lipinski definition) is 5. The van der Waals surface area contributed by atoms with Gasteiger partial charge in [-0.1, -0.05) is 26.7 Å². The topological polar surface area (TPSA) is 122 Å². The lowest BCUT2D eigenvalue weighted by Crippen LogP contribution is -2.52. The number of amides is 1. The second kappa shape index (κ2) is 7.61. The molecule has 1 saturated carbocycles. The second-order valence-electron chi connectivity index (χ2n) is 5.69. The van der Waals surface area contributed by atoms with Gasteiger partial charge in [0, 0.05) is 31.3 Å². The molecule has 0 aromatic rings. The SMILES string of the molecule is CCC(CC)[C@@H](NC(C)=O)[C@H]1[C@@H](O)[C@H](OC(=O)O)C[C@@H]1N. The fraction of sp³-hybridized carbons (Fsp3) is 0.857. The summed E-state index contributed by atoms with van der Waals surface area (Å²) in [6.45, 7) is 5.45. The van der Waals surface area contributed by atoms with Crippen LogP contribution in [0.4, 0.5) is 4.79 Å². The minimum atomic E-state index is -1.43. The molecule has 5 N–H and O–H groups in total. The Hall–Kier alpha value is -1.34. The quantitative estimate of drug-likeness (QED) is 0.536. The summed E-state index contributed by atoms with van der Waals surface area (Å²) < 4.78 is 4.70. The van der Waals surface area contributed by atoms with Crippen LogP contribution in [0.25, 0.3) is 0 Å². The van der Waals surface area contributed by atoms with E-state index in [1.165, 1.54) is 6.92 Å². The van der Waals surface area contributed by atoms with Gasteiger partial charge in [0.25, 0.3) is 0 Å². The first-order valence-electron chi connectivity index (χ1n) is 7.42. The molecule has 21 heavy (non-hydrogen) atoms. The standard InChI is InChI=1S/C14H26N2O5/c1-4-8(5-2)12(16-7(3)17)11-9(15)6-10(13(11)18)21-14(19)20/h8-13,18H,4-6,15H2,1-3H3,(H,16,17)(H,19,20)/t9-,10+,11-,12+,13-/m0/s1. The van der Waals surface area contributed by atoms with E-state index in [9.17, 15) is 14.7 Å². The molecule has 122 valence electrons. The highest BCUT2D eigenvalue weighted by molar-refractivity contribution is 5.73. The van der Waals surface area contributed by atoms with Crippen LogP contribution >= 0.6 is 0 Å². The van der Waals surface area contributed by atoms with Crippen molar-refractivity contribution in [1.29, 1.82) is 0 Å². The van der Waals surface area contributed by atoms with Crippen molar-refractivity contribution in [3.05, 3.63) is 0 Å². The molecule has 1 aliphatic rings. The lowest BCUT2D eigenvalue weighted by molar-refractivity contribution is -0.121. The molecule has 1 rings (SSSR count). The van der Waals surface area contributed by atoms with Crippen LogP contribution in [-0.4, -0.2) is 46.6 Å². The highest BCUT2D eigenvalue weighted by atomic mass is 16.7. The molecule has 5 atom stereocenters. The first-order valence-corrected chi connectivity index (χ1v) is 7.42. The summed E-state index contributed by atoms with van der Waals surface area (Å²) in [5.74, 6) is -0.430. The maximum absolute atomic E-state index is 11.5. The minimum Gasteiger partial charge on any atom is -0.450 e. The van der Waals surface area contributed by atoms with E-state index >= 15 is 0 Å². The van der Waals surface area contributed by atoms with Gasteiger partial charge in [-0.2, -0.15) is 0 Å². The molecule has 0 aromatic carbocycles. The van der Waals surface area contributed by atoms with Gasteiger partial charge in [-0.25, -0.2) is 4.79 Å². The van der Waals surface area contributed by atoms with Crippen molar-refractivity contribution >= 4 is 12.1 Å². The Morgan fingerprint density at radius 2 is 1.95 bits per heavy atom. The van der Waals surface area contributed by atoms with Gasteiger partial charge in [0.2, 0.25) is 5.91 Å². The third-order valence-corrected chi connectivity index (χ3v) is 4.37. The van der Waals surface area contributed by atoms with E-state index in [0.29, 0.717) is 0 Å². The third-order valence-electron chi connectivity index (χ3n) is 4.37. The average molecular weight is 302 g/mol. The van der Waals surface area contributed by atoms with E-state index in [-0.39, 0.29) is 24.3 Å². The van der Waals surface area contributed by atoms with Gasteiger partial charge in [0.05, 0.1) is 6.10 Å². The minimum absolute atomic E-state index is 0.170. The summed E-state index contributed by atoms with van der Waals surface area (Å²) >= 11 is 0. The van der Waals surface area contributed by atoms with E-state index in [2.05, 4.69) is 5.32 Å². The largest absolute Gasteiger partial charge is 0.506 e. The molecule has 0 radical (unpaired) electrons. The molecule has 7 nitrogen and oxygen atoms in total. The van der Waals surface area contributed by atoms with Crippen molar-refractivity contribution in [2.45, 2.75) is 64.3 Å². The third kappa shape index (κ3) is 4.31. The number of rotatable bonds is 6. The number of ether oxygens (including phenoxy) is 1. The summed E-state index contributed by atoms with van der Waals surface area (Å²) in [7, 11) is 0. The Morgan fingerprint density at radius 1 is 1.38 bits per heavy atom. The van der Waals surface area contributed by atoms with E-state index in [4.69, 9.17) is 15.6 Å². The Morgan fingerprint density at radius 3 is 2.38 bits per heavy atom. The second-order valence-corrected chi connectivity index (χ2v) is 5.69. The number of nitrogens with two attached hydrogens (primary N) is 1. The molecule has 0 aliphatic heterocycles. The van der Waals surface area contributed by atoms with Crippen LogP contribution in [0.5, 0.6) is 0 Å². The maximum Gasteiger partial charge on any atom is 0.506 e. The van der Waals surface area contributed by atoms with Crippen molar-refractivity contribution in [2.75, 3.05) is 0 Å². The molecule has 0 aromatic heterocycles. The predicted octanol–water partition coefficient (Wildman–Crippen LogP) is 0.699. The molecular weight excluding hydrogens is 276 g/mol. The van der Waals surface area contributed by atoms with Crippen LogP contribution in [0.1, 0.15) is 40.0 Å². The summed E-state index contributed by atoms with van der Waals surface area (Å²) in [6, 6.07) is -0.702. The highest BCUT2D eigenvalue weighted by Crippen LogP contribution is 2.34. The molecule has 7 heteroatoms. The van der Waals surface area contributed by atoms with Gasteiger partial charge < -0.3 is 26.0 Å². The highest BCUT2D eigenvalue weighted by Gasteiger charge is 2.48. The van der Waals surface area contributed by atoms with Crippen molar-refractivity contribution < 1.29 is 24.5 Å². The molecule has 1 fully saturated rings. The zero-order chi connectivity index (χ0) is 16.2. The summed E-state index contributed by atoms with van der Waals surface area (Å²) in [6.07, 6.45) is -1.34. The Bertz CT molecular complexity index is 372. The number of aliphatic hydroxyl groups excluding tert-OH is 1. The lowest BCUT2D eigenvalue weighted by atomic mass is 9.81. The molecule has 1 aliphatic carbocycles. The van der Waals surface area contributed by atoms with Crippen LogP contribution < -0.4 is 11.1 Å². The molecule has 0 bridgehead atoms. The maximum atomic E-state index is 11.5. The van der Waals surface area contributed by atoms with Crippen LogP contribution in [0.15, 0.2) is 0 Å². The van der Waals surface area contributed by atoms with Crippen LogP contribution in [0.3, 0.4) is 0 Å². The molecule has 0 saturated heterocycles. The predicted molar refractivity (Wildman–Crippen MR) is 76.7 cm³/mol. The molecule has 0 unspecified atom stereocenters. The summed E-state index contributed by atoms with van der Waals surface area (Å²) in [4.78, 5) is 22.1. The zero-order valence-corrected chi connectivity index (χ0v) is 12.8. The number of carboxylic acid groups (broad SMARTS) is 1. The van der Waals surface area contributed by atoms with Gasteiger partial charge >= 0.3 is 6.16 Å². The van der Waals surface area contributed by atoms with Crippen LogP contribution in [0.2, 0.25) is 0 Å². The van der Waals surface area contributed by atoms with E-state index in [1.807, 2.05) is 13.8 Å². The summed E-state index contributed by atoms with van der Waals surface area (Å²) in [5, 5.41) is 22.0. The van der Waals surface area contributed by atoms with Gasteiger partial charge in [0.15, 0.2) is 0 Å². The van der Waals surface area contributed by atoms with Gasteiger partial charge in [0.1, 0.15) is 6.10 Å². The lowest BCUT2D eigenvalue weighted by Gasteiger charge is -2.35. The zero-order valence-electron chi connectivity index (χ0n) is 12.8. The van der Waals surface area contributed by atoms with E-state index < -0.39 is 30.3 Å². The molecular formula is C14H26N2O5. The van der Waals surface area contributed by atoms with Gasteiger partial charge in [-0.3, -0.25) is 4.79 Å². The van der Waals surface area contributed by atoms with Crippen LogP contribution in [-0.2, 0) is 9.53 Å². The normalized spacial score (nSPS) is 30.2. The smallest absolute Gasteiger partial charge is 0.450 e. The fourth-order valence-electron chi connectivity index (χ4n) is 3.35. The van der Waals surface area contributed by atoms with Crippen molar-refractivity contribution in [2.24, 2.45) is 17.6 Å². The van der Waals surface area contributed by atoms with Crippen molar-refractivity contribution in [3.63, 3.8) is 0 Å². The van der Waals surface area contributed by atoms with E-state index in [0.717, 1.165) is 12.8 Å². The summed E-state index contributed by atoms with van der Waals surface area (Å²) in [5.41, 5.74) is 6.08. The van der Waals surface area contributed by atoms with Gasteiger partial charge in [-0.15, -0.1) is 0 Å². The Balaban J connectivity index is 2.94. The number of nitrogens with one attached hydrogen (secondary N) is 1. The Kier molecular flexibility index (Phi) is 6.42. The average Bonchev–Trinajstić information content (AvgIpc) is 2.63. The number of carbonyl (C=O) groups excluding carboxylic acids is 1. The molecule has 0 heterocycles. The molecule has 0 spiro atoms. The Labute approximate surface area is 124 Å². The first-order chi connectivity index (χ1) is 9.81. The van der Waals surface area contributed by atoms with Crippen molar-refractivity contribution in [3.8, 4) is 0 Å². The van der Waals surface area contributed by atoms with Crippen LogP contribution in [0, 0.1) is 11.8 Å². The van der Waals surface area contributed by atoms with Gasteiger partial charge in [-0.05, 0) is 5.92 Å². The van der Waals surface area contributed by atoms with E-state index in [1.54, 1.807) is 0 Å². The number of hydrogen-bond donors (Lipinski definition) is 4. The number of aliphatic hydroxyl groups is 1. The number of carbonyl (C=O) groups is 2.